The molecule has 0 atom stereocenters. The van der Waals surface area contributed by atoms with Gasteiger partial charge in [0.1, 0.15) is 7.11 Å². The first kappa shape index (κ1) is 22.7. The van der Waals surface area contributed by atoms with Gasteiger partial charge >= 0.3 is 17.3 Å². The number of nitrogens with zero attached hydrogens (tertiary/aromatic N) is 4. The van der Waals surface area contributed by atoms with Gasteiger partial charge < -0.3 is 9.57 Å². The van der Waals surface area contributed by atoms with Crippen LogP contribution in [0.1, 0.15) is 19.4 Å². The number of thioether (sulfide) groups is 1. The van der Waals surface area contributed by atoms with Gasteiger partial charge in [0.05, 0.1) is 19.7 Å². The zero-order valence-electron chi connectivity index (χ0n) is 16.3. The molecule has 0 spiro atoms. The molecule has 0 saturated carbocycles. The number of ether oxygens (including phenoxy) is 1. The molecule has 1 aromatic carbocycles. The Labute approximate surface area is 176 Å². The quantitative estimate of drug-likeness (QED) is 0.253. The smallest absolute Gasteiger partial charge is 0.358 e. The highest BCUT2D eigenvalue weighted by Crippen LogP contribution is 2.15. The largest absolute Gasteiger partial charge is 0.461 e. The van der Waals surface area contributed by atoms with Gasteiger partial charge in [0.2, 0.25) is 0 Å². The van der Waals surface area contributed by atoms with E-state index in [2.05, 4.69) is 15.0 Å². The summed E-state index contributed by atoms with van der Waals surface area (Å²) < 4.78 is 7.09. The van der Waals surface area contributed by atoms with Crippen LogP contribution in [0.4, 0.5) is 0 Å². The summed E-state index contributed by atoms with van der Waals surface area (Å²) in [6.07, 6.45) is 0. The van der Waals surface area contributed by atoms with Crippen molar-refractivity contribution in [1.82, 2.24) is 14.1 Å². The molecular formula is C18H21ClN4O5S. The van der Waals surface area contributed by atoms with Gasteiger partial charge in [-0.25, -0.2) is 19.0 Å². The number of aromatic nitrogens is 3. The lowest BCUT2D eigenvalue weighted by atomic mass is 10.2. The third-order valence-corrected chi connectivity index (χ3v) is 4.77. The molecule has 0 fully saturated rings. The van der Waals surface area contributed by atoms with Crippen LogP contribution in [-0.2, 0) is 27.5 Å². The Bertz CT molecular complexity index is 1000. The van der Waals surface area contributed by atoms with Gasteiger partial charge in [-0.05, 0) is 30.4 Å². The third-order valence-electron chi connectivity index (χ3n) is 3.66. The van der Waals surface area contributed by atoms with E-state index in [4.69, 9.17) is 16.3 Å². The Morgan fingerprint density at radius 3 is 2.48 bits per heavy atom. The molecule has 0 aliphatic carbocycles. The van der Waals surface area contributed by atoms with Gasteiger partial charge in [-0.15, -0.1) is 0 Å². The molecule has 1 heterocycles. The minimum atomic E-state index is -0.786. The van der Waals surface area contributed by atoms with Crippen molar-refractivity contribution in [3.05, 3.63) is 55.8 Å². The number of esters is 1. The van der Waals surface area contributed by atoms with Crippen LogP contribution in [0.15, 0.2) is 44.2 Å². The van der Waals surface area contributed by atoms with E-state index in [9.17, 15) is 14.4 Å². The first-order valence-corrected chi connectivity index (χ1v) is 10.1. The first-order chi connectivity index (χ1) is 13.9. The molecule has 0 bridgehead atoms. The molecule has 11 heteroatoms. The number of hydrogen-bond acceptors (Lipinski definition) is 8. The van der Waals surface area contributed by atoms with Crippen molar-refractivity contribution in [2.75, 3.05) is 19.5 Å². The molecular weight excluding hydrogens is 420 g/mol. The van der Waals surface area contributed by atoms with E-state index in [0.29, 0.717) is 10.8 Å². The van der Waals surface area contributed by atoms with Gasteiger partial charge in [0.25, 0.3) is 0 Å². The van der Waals surface area contributed by atoms with E-state index in [-0.39, 0.29) is 24.0 Å². The molecule has 0 unspecified atom stereocenters. The summed E-state index contributed by atoms with van der Waals surface area (Å²) in [4.78, 5) is 46.2. The molecule has 0 saturated heterocycles. The second kappa shape index (κ2) is 10.8. The number of carbonyl (C=O) groups is 1. The third kappa shape index (κ3) is 5.94. The number of carbonyl (C=O) groups excluding carboxylic acids is 1. The van der Waals surface area contributed by atoms with E-state index in [1.165, 1.54) is 23.4 Å². The van der Waals surface area contributed by atoms with Crippen molar-refractivity contribution in [1.29, 1.82) is 0 Å². The molecule has 1 aromatic heterocycles. The topological polar surface area (TPSA) is 105 Å². The fourth-order valence-corrected chi connectivity index (χ4v) is 3.22. The van der Waals surface area contributed by atoms with Crippen LogP contribution in [0.5, 0.6) is 0 Å². The summed E-state index contributed by atoms with van der Waals surface area (Å²) in [5.74, 6) is -0.160. The zero-order chi connectivity index (χ0) is 21.4. The number of benzene rings is 1. The summed E-state index contributed by atoms with van der Waals surface area (Å²) in [7, 11) is 1.25. The van der Waals surface area contributed by atoms with Crippen LogP contribution >= 0.6 is 23.4 Å². The van der Waals surface area contributed by atoms with Crippen molar-refractivity contribution in [2.45, 2.75) is 32.1 Å². The minimum absolute atomic E-state index is 0.113. The van der Waals surface area contributed by atoms with Crippen LogP contribution in [0.25, 0.3) is 0 Å². The van der Waals surface area contributed by atoms with Crippen molar-refractivity contribution >= 4 is 35.0 Å². The maximum atomic E-state index is 13.1. The van der Waals surface area contributed by atoms with Crippen LogP contribution in [0.3, 0.4) is 0 Å². The Morgan fingerprint density at radius 1 is 1.21 bits per heavy atom. The van der Waals surface area contributed by atoms with Gasteiger partial charge in [-0.2, -0.15) is 4.98 Å². The molecule has 0 radical (unpaired) electrons. The number of rotatable bonds is 9. The standard InChI is InChI=1S/C18H21ClN4O5S/c1-4-28-15(24)14(21-27-3)11-22-16(25)20-17(29-5-2)23(18(22)26)10-12-6-8-13(19)9-7-12/h6-9H,4-5,10-11H2,1-3H3/b21-14+. The summed E-state index contributed by atoms with van der Waals surface area (Å²) in [6.45, 7) is 3.39. The molecule has 9 nitrogen and oxygen atoms in total. The SMILES string of the molecule is CCOC(=O)/C(Cn1c(=O)nc(SCC)n(Cc2ccc(Cl)cc2)c1=O)=N/OC. The highest BCUT2D eigenvalue weighted by Gasteiger charge is 2.20. The van der Waals surface area contributed by atoms with Gasteiger partial charge in [0, 0.05) is 5.02 Å². The summed E-state index contributed by atoms with van der Waals surface area (Å²) in [5, 5.41) is 4.45. The fraction of sp³-hybridized carbons (Fsp3) is 0.389. The average molecular weight is 441 g/mol. The monoisotopic (exact) mass is 440 g/mol. The Morgan fingerprint density at radius 2 is 1.90 bits per heavy atom. The summed E-state index contributed by atoms with van der Waals surface area (Å²) in [5.41, 5.74) is -0.822. The van der Waals surface area contributed by atoms with Crippen LogP contribution < -0.4 is 11.4 Å². The molecule has 0 aliphatic heterocycles. The number of hydrogen-bond donors (Lipinski definition) is 0. The number of halogens is 1. The Balaban J connectivity index is 2.51. The van der Waals surface area contributed by atoms with E-state index < -0.39 is 23.9 Å². The molecule has 0 amide bonds. The molecule has 29 heavy (non-hydrogen) atoms. The lowest BCUT2D eigenvalue weighted by Gasteiger charge is -2.14. The van der Waals surface area contributed by atoms with Crippen LogP contribution in [0, 0.1) is 0 Å². The van der Waals surface area contributed by atoms with E-state index in [0.717, 1.165) is 10.1 Å². The molecule has 0 N–H and O–H groups in total. The second-order valence-corrected chi connectivity index (χ2v) is 7.30. The van der Waals surface area contributed by atoms with Gasteiger partial charge in [-0.3, -0.25) is 4.57 Å². The number of oxime groups is 1. The average Bonchev–Trinajstić information content (AvgIpc) is 2.69. The molecule has 2 aromatic rings. The first-order valence-electron chi connectivity index (χ1n) is 8.77. The van der Waals surface area contributed by atoms with Gasteiger partial charge in [-0.1, -0.05) is 47.6 Å². The maximum absolute atomic E-state index is 13.1. The summed E-state index contributed by atoms with van der Waals surface area (Å²) in [6, 6.07) is 6.98. The Hall–Kier alpha value is -2.59. The Kier molecular flexibility index (Phi) is 8.47. The molecule has 156 valence electrons. The van der Waals surface area contributed by atoms with E-state index in [1.807, 2.05) is 6.92 Å². The van der Waals surface area contributed by atoms with Crippen LogP contribution in [0.2, 0.25) is 5.02 Å². The summed E-state index contributed by atoms with van der Waals surface area (Å²) >= 11 is 7.19. The molecule has 0 aliphatic rings. The maximum Gasteiger partial charge on any atom is 0.358 e. The predicted molar refractivity (Wildman–Crippen MR) is 111 cm³/mol. The van der Waals surface area contributed by atoms with Crippen molar-refractivity contribution in [3.8, 4) is 0 Å². The van der Waals surface area contributed by atoms with Crippen LogP contribution in [-0.4, -0.2) is 45.3 Å². The van der Waals surface area contributed by atoms with Crippen molar-refractivity contribution in [2.24, 2.45) is 5.16 Å². The highest BCUT2D eigenvalue weighted by atomic mass is 35.5. The second-order valence-electron chi connectivity index (χ2n) is 5.63. The lowest BCUT2D eigenvalue weighted by molar-refractivity contribution is -0.135. The fourth-order valence-electron chi connectivity index (χ4n) is 2.40. The predicted octanol–water partition coefficient (Wildman–Crippen LogP) is 1.78. The van der Waals surface area contributed by atoms with E-state index in [1.54, 1.807) is 31.2 Å². The normalized spacial score (nSPS) is 11.4. The highest BCUT2D eigenvalue weighted by molar-refractivity contribution is 7.99. The zero-order valence-corrected chi connectivity index (χ0v) is 17.8. The molecule has 2 rings (SSSR count). The lowest BCUT2D eigenvalue weighted by Crippen LogP contribution is -2.45. The van der Waals surface area contributed by atoms with E-state index >= 15 is 0 Å². The van der Waals surface area contributed by atoms with Gasteiger partial charge in [0.15, 0.2) is 10.9 Å². The minimum Gasteiger partial charge on any atom is -0.461 e. The van der Waals surface area contributed by atoms with Crippen molar-refractivity contribution < 1.29 is 14.4 Å². The van der Waals surface area contributed by atoms with Crippen molar-refractivity contribution in [3.63, 3.8) is 0 Å².